The third-order valence-electron chi connectivity index (χ3n) is 3.83. The Morgan fingerprint density at radius 3 is 2.76 bits per heavy atom. The third-order valence-corrected chi connectivity index (χ3v) is 3.83. The van der Waals surface area contributed by atoms with Crippen LogP contribution < -0.4 is 20.7 Å². The first-order valence-electron chi connectivity index (χ1n) is 8.16. The summed E-state index contributed by atoms with van der Waals surface area (Å²) in [4.78, 5) is 30.6. The molecule has 130 valence electrons. The number of carbonyl (C=O) groups excluding carboxylic acids is 2. The Hall–Kier alpha value is -3.09. The Morgan fingerprint density at radius 2 is 2.04 bits per heavy atom. The van der Waals surface area contributed by atoms with Crippen molar-refractivity contribution in [2.75, 3.05) is 23.7 Å². The number of benzene rings is 1. The van der Waals surface area contributed by atoms with Crippen LogP contribution in [0.15, 0.2) is 42.5 Å². The van der Waals surface area contributed by atoms with E-state index in [4.69, 9.17) is 10.5 Å². The van der Waals surface area contributed by atoms with Crippen LogP contribution in [0.3, 0.4) is 0 Å². The largest absolute Gasteiger partial charge is 0.472 e. The summed E-state index contributed by atoms with van der Waals surface area (Å²) in [5, 5.41) is 2.77. The van der Waals surface area contributed by atoms with Gasteiger partial charge in [0.15, 0.2) is 11.6 Å². The molecule has 1 unspecified atom stereocenters. The van der Waals surface area contributed by atoms with Crippen LogP contribution >= 0.6 is 0 Å². The van der Waals surface area contributed by atoms with Crippen molar-refractivity contribution in [2.45, 2.75) is 19.4 Å². The zero-order valence-corrected chi connectivity index (χ0v) is 13.9. The van der Waals surface area contributed by atoms with Gasteiger partial charge < -0.3 is 15.8 Å². The van der Waals surface area contributed by atoms with Gasteiger partial charge in [0, 0.05) is 12.1 Å². The van der Waals surface area contributed by atoms with Gasteiger partial charge in [0.05, 0.1) is 0 Å². The molecule has 2 aromatic rings. The number of nitrogen functional groups attached to an aromatic ring is 1. The zero-order valence-electron chi connectivity index (χ0n) is 13.9. The van der Waals surface area contributed by atoms with E-state index in [1.165, 1.54) is 4.90 Å². The van der Waals surface area contributed by atoms with Gasteiger partial charge in [-0.3, -0.25) is 14.5 Å². The minimum absolute atomic E-state index is 0.130. The standard InChI is InChI=1S/C18H20N4O3/c1-2-10-20-15(23)11-22-17-13(8-9-14(19)21-17)25-16(18(22)24)12-6-4-3-5-7-12/h3-9,16H,2,10-11H2,1H3,(H2,19,21)(H,20,23). The van der Waals surface area contributed by atoms with Crippen LogP contribution in [-0.2, 0) is 9.59 Å². The average molecular weight is 340 g/mol. The molecular formula is C18H20N4O3. The normalized spacial score (nSPS) is 16.1. The van der Waals surface area contributed by atoms with Crippen LogP contribution in [0.2, 0.25) is 0 Å². The van der Waals surface area contributed by atoms with E-state index in [-0.39, 0.29) is 30.0 Å². The summed E-state index contributed by atoms with van der Waals surface area (Å²) >= 11 is 0. The number of amides is 2. The number of fused-ring (bicyclic) bond motifs is 1. The minimum Gasteiger partial charge on any atom is -0.472 e. The highest BCUT2D eigenvalue weighted by molar-refractivity contribution is 6.03. The molecule has 1 aromatic heterocycles. The molecule has 0 fully saturated rings. The Kier molecular flexibility index (Phi) is 4.83. The fourth-order valence-corrected chi connectivity index (χ4v) is 2.61. The van der Waals surface area contributed by atoms with Crippen molar-refractivity contribution in [1.82, 2.24) is 10.3 Å². The topological polar surface area (TPSA) is 97.5 Å². The molecule has 1 aromatic carbocycles. The van der Waals surface area contributed by atoms with Gasteiger partial charge in [0.2, 0.25) is 12.0 Å². The lowest BCUT2D eigenvalue weighted by Gasteiger charge is -2.33. The lowest BCUT2D eigenvalue weighted by Crippen LogP contribution is -2.47. The SMILES string of the molecule is CCCNC(=O)CN1C(=O)C(c2ccccc2)Oc2ccc(N)nc21. The maximum atomic E-state index is 12.9. The monoisotopic (exact) mass is 340 g/mol. The molecule has 0 aliphatic carbocycles. The van der Waals surface area contributed by atoms with E-state index < -0.39 is 6.10 Å². The Bertz CT molecular complexity index is 779. The molecule has 1 aliphatic heterocycles. The molecule has 7 heteroatoms. The molecule has 7 nitrogen and oxygen atoms in total. The first-order valence-corrected chi connectivity index (χ1v) is 8.16. The van der Waals surface area contributed by atoms with E-state index >= 15 is 0 Å². The van der Waals surface area contributed by atoms with E-state index in [9.17, 15) is 9.59 Å². The summed E-state index contributed by atoms with van der Waals surface area (Å²) in [5.74, 6) is 0.351. The summed E-state index contributed by atoms with van der Waals surface area (Å²) in [7, 11) is 0. The van der Waals surface area contributed by atoms with Gasteiger partial charge in [-0.2, -0.15) is 0 Å². The van der Waals surface area contributed by atoms with Crippen LogP contribution in [-0.4, -0.2) is 29.9 Å². The number of nitrogens with zero attached hydrogens (tertiary/aromatic N) is 2. The highest BCUT2D eigenvalue weighted by atomic mass is 16.5. The molecule has 1 aliphatic rings. The van der Waals surface area contributed by atoms with Crippen molar-refractivity contribution in [3.63, 3.8) is 0 Å². The van der Waals surface area contributed by atoms with Gasteiger partial charge in [-0.05, 0) is 18.6 Å². The summed E-state index contributed by atoms with van der Waals surface area (Å²) in [6, 6.07) is 12.4. The van der Waals surface area contributed by atoms with Crippen LogP contribution in [0.4, 0.5) is 11.6 Å². The summed E-state index contributed by atoms with van der Waals surface area (Å²) in [6.45, 7) is 2.38. The van der Waals surface area contributed by atoms with Crippen LogP contribution in [0.25, 0.3) is 0 Å². The van der Waals surface area contributed by atoms with Gasteiger partial charge in [0.1, 0.15) is 12.4 Å². The first-order chi connectivity index (χ1) is 12.1. The summed E-state index contributed by atoms with van der Waals surface area (Å²) in [6.07, 6.45) is -0.00451. The minimum atomic E-state index is -0.821. The van der Waals surface area contributed by atoms with Gasteiger partial charge in [-0.15, -0.1) is 0 Å². The van der Waals surface area contributed by atoms with Crippen LogP contribution in [0.5, 0.6) is 5.75 Å². The molecule has 0 saturated carbocycles. The maximum absolute atomic E-state index is 12.9. The van der Waals surface area contributed by atoms with Crippen molar-refractivity contribution in [3.05, 3.63) is 48.0 Å². The molecule has 3 N–H and O–H groups in total. The third kappa shape index (κ3) is 3.55. The van der Waals surface area contributed by atoms with Gasteiger partial charge in [-0.25, -0.2) is 4.98 Å². The van der Waals surface area contributed by atoms with Gasteiger partial charge in [0.25, 0.3) is 5.91 Å². The number of nitrogens with one attached hydrogen (secondary N) is 1. The average Bonchev–Trinajstić information content (AvgIpc) is 2.63. The highest BCUT2D eigenvalue weighted by Crippen LogP contribution is 2.37. The number of rotatable bonds is 5. The van der Waals surface area contributed by atoms with Crippen molar-refractivity contribution in [2.24, 2.45) is 0 Å². The molecule has 0 radical (unpaired) electrons. The van der Waals surface area contributed by atoms with Crippen molar-refractivity contribution < 1.29 is 14.3 Å². The van der Waals surface area contributed by atoms with Crippen molar-refractivity contribution >= 4 is 23.5 Å². The Balaban J connectivity index is 1.94. The maximum Gasteiger partial charge on any atom is 0.274 e. The molecule has 2 heterocycles. The second-order valence-corrected chi connectivity index (χ2v) is 5.74. The second-order valence-electron chi connectivity index (χ2n) is 5.74. The molecule has 25 heavy (non-hydrogen) atoms. The molecular weight excluding hydrogens is 320 g/mol. The van der Waals surface area contributed by atoms with Crippen molar-refractivity contribution in [1.29, 1.82) is 0 Å². The number of hydrogen-bond acceptors (Lipinski definition) is 5. The smallest absolute Gasteiger partial charge is 0.274 e. The van der Waals surface area contributed by atoms with E-state index in [1.54, 1.807) is 12.1 Å². The number of carbonyl (C=O) groups is 2. The van der Waals surface area contributed by atoms with E-state index in [0.717, 1.165) is 6.42 Å². The van der Waals surface area contributed by atoms with E-state index in [2.05, 4.69) is 10.3 Å². The second kappa shape index (κ2) is 7.21. The number of hydrogen-bond donors (Lipinski definition) is 2. The Morgan fingerprint density at radius 1 is 1.28 bits per heavy atom. The predicted molar refractivity (Wildman–Crippen MR) is 94.1 cm³/mol. The van der Waals surface area contributed by atoms with Crippen LogP contribution in [0.1, 0.15) is 25.0 Å². The number of anilines is 2. The van der Waals surface area contributed by atoms with Gasteiger partial charge in [-0.1, -0.05) is 37.3 Å². The first kappa shape index (κ1) is 16.8. The zero-order chi connectivity index (χ0) is 17.8. The number of pyridine rings is 1. The lowest BCUT2D eigenvalue weighted by atomic mass is 10.1. The molecule has 1 atom stereocenters. The molecule has 0 bridgehead atoms. The summed E-state index contributed by atoms with van der Waals surface area (Å²) < 4.78 is 5.84. The van der Waals surface area contributed by atoms with E-state index in [1.807, 2.05) is 37.3 Å². The van der Waals surface area contributed by atoms with Gasteiger partial charge >= 0.3 is 0 Å². The number of nitrogens with two attached hydrogens (primary N) is 1. The summed E-state index contributed by atoms with van der Waals surface area (Å²) in [5.41, 5.74) is 6.46. The molecule has 0 spiro atoms. The lowest BCUT2D eigenvalue weighted by molar-refractivity contribution is -0.129. The fourth-order valence-electron chi connectivity index (χ4n) is 2.61. The quantitative estimate of drug-likeness (QED) is 0.863. The molecule has 0 saturated heterocycles. The predicted octanol–water partition coefficient (Wildman–Crippen LogP) is 1.66. The van der Waals surface area contributed by atoms with Crippen LogP contribution in [0, 0.1) is 0 Å². The molecule has 3 rings (SSSR count). The van der Waals surface area contributed by atoms with Crippen molar-refractivity contribution in [3.8, 4) is 5.75 Å². The number of aromatic nitrogens is 1. The number of ether oxygens (including phenoxy) is 1. The highest BCUT2D eigenvalue weighted by Gasteiger charge is 2.37. The molecule has 2 amide bonds. The Labute approximate surface area is 145 Å². The van der Waals surface area contributed by atoms with E-state index in [0.29, 0.717) is 17.9 Å². The fraction of sp³-hybridized carbons (Fsp3) is 0.278.